The van der Waals surface area contributed by atoms with Crippen molar-refractivity contribution < 1.29 is 4.74 Å². The number of alkyl halides is 1. The maximum atomic E-state index is 6.08. The van der Waals surface area contributed by atoms with Crippen molar-refractivity contribution in [3.8, 4) is 5.75 Å². The van der Waals surface area contributed by atoms with E-state index < -0.39 is 0 Å². The lowest BCUT2D eigenvalue weighted by atomic mass is 10.1. The van der Waals surface area contributed by atoms with Gasteiger partial charge in [-0.15, -0.1) is 0 Å². The van der Waals surface area contributed by atoms with Crippen molar-refractivity contribution in [2.24, 2.45) is 0 Å². The van der Waals surface area contributed by atoms with Gasteiger partial charge in [0, 0.05) is 16.8 Å². The predicted molar refractivity (Wildman–Crippen MR) is 71.9 cm³/mol. The zero-order chi connectivity index (χ0) is 11.4. The summed E-state index contributed by atoms with van der Waals surface area (Å²) in [6.45, 7) is 0.786. The summed E-state index contributed by atoms with van der Waals surface area (Å²) in [4.78, 5) is 0. The van der Waals surface area contributed by atoms with Gasteiger partial charge < -0.3 is 4.74 Å². The van der Waals surface area contributed by atoms with Crippen molar-refractivity contribution in [3.05, 3.63) is 40.4 Å². The van der Waals surface area contributed by atoms with E-state index in [2.05, 4.69) is 28.1 Å². The summed E-state index contributed by atoms with van der Waals surface area (Å²) >= 11 is 9.48. The van der Waals surface area contributed by atoms with Gasteiger partial charge in [0.15, 0.2) is 0 Å². The molecule has 0 aliphatic carbocycles. The molecule has 0 unspecified atom stereocenters. The summed E-state index contributed by atoms with van der Waals surface area (Å²) in [5, 5.41) is 1.82. The summed E-state index contributed by atoms with van der Waals surface area (Å²) in [5.41, 5.74) is 2.45. The van der Waals surface area contributed by atoms with Gasteiger partial charge in [0.25, 0.3) is 0 Å². The van der Waals surface area contributed by atoms with E-state index in [4.69, 9.17) is 16.3 Å². The third kappa shape index (κ3) is 2.80. The fourth-order valence-electron chi connectivity index (χ4n) is 1.89. The van der Waals surface area contributed by atoms with Gasteiger partial charge in [-0.1, -0.05) is 39.7 Å². The first-order valence-electron chi connectivity index (χ1n) is 5.46. The Morgan fingerprint density at radius 2 is 2.25 bits per heavy atom. The number of hydrogen-bond donors (Lipinski definition) is 0. The van der Waals surface area contributed by atoms with Crippen LogP contribution >= 0.6 is 27.5 Å². The number of hydrogen-bond acceptors (Lipinski definition) is 1. The van der Waals surface area contributed by atoms with E-state index in [1.54, 1.807) is 0 Å². The van der Waals surface area contributed by atoms with Gasteiger partial charge in [0.2, 0.25) is 0 Å². The van der Waals surface area contributed by atoms with Crippen LogP contribution in [0.3, 0.4) is 0 Å². The first-order valence-corrected chi connectivity index (χ1v) is 6.96. The zero-order valence-electron chi connectivity index (χ0n) is 9.01. The first-order chi connectivity index (χ1) is 7.81. The molecule has 86 valence electrons. The molecule has 2 rings (SSSR count). The molecule has 0 saturated heterocycles. The van der Waals surface area contributed by atoms with E-state index in [0.717, 1.165) is 42.0 Å². The molecule has 0 saturated carbocycles. The van der Waals surface area contributed by atoms with Crippen LogP contribution in [0, 0.1) is 0 Å². The summed E-state index contributed by atoms with van der Waals surface area (Å²) in [6, 6.07) is 4.01. The molecule has 0 bridgehead atoms. The first kappa shape index (κ1) is 12.0. The Morgan fingerprint density at radius 1 is 1.38 bits per heavy atom. The van der Waals surface area contributed by atoms with E-state index >= 15 is 0 Å². The molecule has 0 fully saturated rings. The van der Waals surface area contributed by atoms with Gasteiger partial charge in [0.05, 0.1) is 6.61 Å². The fourth-order valence-corrected chi connectivity index (χ4v) is 2.42. The predicted octanol–water partition coefficient (Wildman–Crippen LogP) is 4.16. The minimum absolute atomic E-state index is 0.786. The smallest absolute Gasteiger partial charge is 0.126 e. The number of rotatable bonds is 4. The van der Waals surface area contributed by atoms with Crippen LogP contribution in [0.5, 0.6) is 5.75 Å². The molecule has 0 spiro atoms. The molecular formula is C13H14BrClO. The molecule has 1 aromatic carbocycles. The lowest BCUT2D eigenvalue weighted by Gasteiger charge is -2.06. The second-order valence-electron chi connectivity index (χ2n) is 3.80. The van der Waals surface area contributed by atoms with Crippen molar-refractivity contribution in [1.29, 1.82) is 0 Å². The molecule has 16 heavy (non-hydrogen) atoms. The van der Waals surface area contributed by atoms with Gasteiger partial charge in [-0.3, -0.25) is 0 Å². The van der Waals surface area contributed by atoms with E-state index in [0.29, 0.717) is 0 Å². The van der Waals surface area contributed by atoms with Crippen LogP contribution in [-0.2, 0) is 12.8 Å². The zero-order valence-corrected chi connectivity index (χ0v) is 11.4. The lowest BCUT2D eigenvalue weighted by molar-refractivity contribution is 0.354. The van der Waals surface area contributed by atoms with Crippen LogP contribution in [0.25, 0.3) is 0 Å². The number of ether oxygens (including phenoxy) is 1. The normalized spacial score (nSPS) is 14.1. The van der Waals surface area contributed by atoms with Crippen LogP contribution in [0.4, 0.5) is 0 Å². The Bertz CT molecular complexity index is 401. The quantitative estimate of drug-likeness (QED) is 0.599. The Kier molecular flexibility index (Phi) is 4.30. The summed E-state index contributed by atoms with van der Waals surface area (Å²) < 4.78 is 5.64. The maximum absolute atomic E-state index is 6.08. The Balaban J connectivity index is 2.14. The van der Waals surface area contributed by atoms with Crippen molar-refractivity contribution in [1.82, 2.24) is 0 Å². The highest BCUT2D eigenvalue weighted by Gasteiger charge is 2.16. The highest BCUT2D eigenvalue weighted by molar-refractivity contribution is 9.09. The van der Waals surface area contributed by atoms with Crippen molar-refractivity contribution in [2.75, 3.05) is 11.9 Å². The summed E-state index contributed by atoms with van der Waals surface area (Å²) in [6.07, 6.45) is 7.29. The van der Waals surface area contributed by atoms with Crippen molar-refractivity contribution >= 4 is 27.5 Å². The standard InChI is InChI=1S/C13H14BrClO/c14-6-3-1-2-4-10-8-12(15)9-11-5-7-16-13(10)11/h1-2,8-9H,3-7H2/b2-1+. The SMILES string of the molecule is Clc1cc(C/C=C/CCBr)c2c(c1)CCO2. The monoisotopic (exact) mass is 300 g/mol. The third-order valence-electron chi connectivity index (χ3n) is 2.61. The molecule has 0 atom stereocenters. The van der Waals surface area contributed by atoms with Crippen LogP contribution in [0.15, 0.2) is 24.3 Å². The van der Waals surface area contributed by atoms with Crippen LogP contribution in [0.1, 0.15) is 17.5 Å². The minimum Gasteiger partial charge on any atom is -0.493 e. The molecule has 0 radical (unpaired) electrons. The molecule has 0 N–H and O–H groups in total. The summed E-state index contributed by atoms with van der Waals surface area (Å²) in [5.74, 6) is 1.05. The van der Waals surface area contributed by atoms with Crippen molar-refractivity contribution in [2.45, 2.75) is 19.3 Å². The Morgan fingerprint density at radius 3 is 3.06 bits per heavy atom. The van der Waals surface area contributed by atoms with Crippen molar-refractivity contribution in [3.63, 3.8) is 0 Å². The fraction of sp³-hybridized carbons (Fsp3) is 0.385. The van der Waals surface area contributed by atoms with E-state index in [1.165, 1.54) is 11.1 Å². The molecule has 1 aromatic rings. The van der Waals surface area contributed by atoms with Gasteiger partial charge in [0.1, 0.15) is 5.75 Å². The minimum atomic E-state index is 0.786. The van der Waals surface area contributed by atoms with Gasteiger partial charge in [-0.05, 0) is 36.1 Å². The lowest BCUT2D eigenvalue weighted by Crippen LogP contribution is -1.91. The van der Waals surface area contributed by atoms with Gasteiger partial charge in [-0.25, -0.2) is 0 Å². The highest BCUT2D eigenvalue weighted by atomic mass is 79.9. The molecule has 3 heteroatoms. The number of halogens is 2. The van der Waals surface area contributed by atoms with Crippen LogP contribution in [-0.4, -0.2) is 11.9 Å². The van der Waals surface area contributed by atoms with Gasteiger partial charge in [-0.2, -0.15) is 0 Å². The Labute approximate surface area is 110 Å². The van der Waals surface area contributed by atoms with Crippen LogP contribution in [0.2, 0.25) is 5.02 Å². The van der Waals surface area contributed by atoms with Gasteiger partial charge >= 0.3 is 0 Å². The number of fused-ring (bicyclic) bond motifs is 1. The second kappa shape index (κ2) is 5.74. The highest BCUT2D eigenvalue weighted by Crippen LogP contribution is 2.33. The van der Waals surface area contributed by atoms with E-state index in [9.17, 15) is 0 Å². The molecule has 1 aliphatic rings. The van der Waals surface area contributed by atoms with E-state index in [1.807, 2.05) is 12.1 Å². The molecule has 0 aromatic heterocycles. The third-order valence-corrected chi connectivity index (χ3v) is 3.28. The molecule has 1 aliphatic heterocycles. The summed E-state index contributed by atoms with van der Waals surface area (Å²) in [7, 11) is 0. The molecule has 1 heterocycles. The Hall–Kier alpha value is -0.470. The molecular weight excluding hydrogens is 287 g/mol. The van der Waals surface area contributed by atoms with Crippen LogP contribution < -0.4 is 4.74 Å². The average molecular weight is 302 g/mol. The largest absolute Gasteiger partial charge is 0.493 e. The maximum Gasteiger partial charge on any atom is 0.126 e. The van der Waals surface area contributed by atoms with E-state index in [-0.39, 0.29) is 0 Å². The average Bonchev–Trinajstić information content (AvgIpc) is 2.72. The number of benzene rings is 1. The molecule has 1 nitrogen and oxygen atoms in total. The topological polar surface area (TPSA) is 9.23 Å². The molecule has 0 amide bonds. The number of allylic oxidation sites excluding steroid dienone is 2. The second-order valence-corrected chi connectivity index (χ2v) is 5.03.